The molecule has 7 nitrogen and oxygen atoms in total. The molecule has 0 bridgehead atoms. The third-order valence-electron chi connectivity index (χ3n) is 4.67. The van der Waals surface area contributed by atoms with Crippen LogP contribution in [0.5, 0.6) is 5.75 Å². The highest BCUT2D eigenvalue weighted by molar-refractivity contribution is 5.75. The maximum atomic E-state index is 12.1. The fourth-order valence-corrected chi connectivity index (χ4v) is 3.08. The van der Waals surface area contributed by atoms with Gasteiger partial charge >= 0.3 is 12.0 Å². The molecule has 2 amide bonds. The number of carbonyl (C=O) groups excluding carboxylic acids is 1. The summed E-state index contributed by atoms with van der Waals surface area (Å²) in [6.45, 7) is 4.63. The number of methoxy groups -OCH3 is 1. The zero-order valence-corrected chi connectivity index (χ0v) is 15.0. The highest BCUT2D eigenvalue weighted by atomic mass is 16.5. The van der Waals surface area contributed by atoms with Crippen LogP contribution in [0.25, 0.3) is 0 Å². The van der Waals surface area contributed by atoms with E-state index in [0.29, 0.717) is 6.54 Å². The Morgan fingerprint density at radius 2 is 1.96 bits per heavy atom. The summed E-state index contributed by atoms with van der Waals surface area (Å²) in [6.07, 6.45) is 1.57. The number of carboxylic acids is 1. The zero-order valence-electron chi connectivity index (χ0n) is 15.0. The van der Waals surface area contributed by atoms with E-state index in [2.05, 4.69) is 10.6 Å². The molecule has 1 aliphatic rings. The van der Waals surface area contributed by atoms with Crippen molar-refractivity contribution in [3.63, 3.8) is 0 Å². The molecule has 2 rings (SSSR count). The summed E-state index contributed by atoms with van der Waals surface area (Å²) < 4.78 is 5.13. The standard InChI is InChI=1S/C18H27N3O4/c1-4-21(11-17(22)23)15-9-14(10-15)20-18(24)19-12(2)13-5-7-16(25-3)8-6-13/h5-8,12,14-15H,4,9-11H2,1-3H3,(H,22,23)(H2,19,20,24). The van der Waals surface area contributed by atoms with E-state index in [-0.39, 0.29) is 30.7 Å². The lowest BCUT2D eigenvalue weighted by molar-refractivity contribution is -0.139. The second kappa shape index (κ2) is 8.71. The Morgan fingerprint density at radius 3 is 2.48 bits per heavy atom. The fourth-order valence-electron chi connectivity index (χ4n) is 3.08. The Hall–Kier alpha value is -2.28. The van der Waals surface area contributed by atoms with Gasteiger partial charge in [-0.15, -0.1) is 0 Å². The van der Waals surface area contributed by atoms with Crippen LogP contribution in [0.4, 0.5) is 4.79 Å². The first-order chi connectivity index (χ1) is 11.9. The Kier molecular flexibility index (Phi) is 6.64. The smallest absolute Gasteiger partial charge is 0.317 e. The molecule has 7 heteroatoms. The van der Waals surface area contributed by atoms with Gasteiger partial charge in [-0.1, -0.05) is 19.1 Å². The summed E-state index contributed by atoms with van der Waals surface area (Å²) >= 11 is 0. The third-order valence-corrected chi connectivity index (χ3v) is 4.67. The fraction of sp³-hybridized carbons (Fsp3) is 0.556. The van der Waals surface area contributed by atoms with Crippen LogP contribution in [0.3, 0.4) is 0 Å². The Labute approximate surface area is 148 Å². The number of nitrogens with zero attached hydrogens (tertiary/aromatic N) is 1. The summed E-state index contributed by atoms with van der Waals surface area (Å²) in [5, 5.41) is 14.8. The zero-order chi connectivity index (χ0) is 18.4. The van der Waals surface area contributed by atoms with Crippen LogP contribution < -0.4 is 15.4 Å². The van der Waals surface area contributed by atoms with Gasteiger partial charge in [-0.3, -0.25) is 9.69 Å². The molecule has 25 heavy (non-hydrogen) atoms. The van der Waals surface area contributed by atoms with Crippen molar-refractivity contribution in [1.29, 1.82) is 0 Å². The number of likely N-dealkylation sites (N-methyl/N-ethyl adjacent to an activating group) is 1. The van der Waals surface area contributed by atoms with E-state index in [1.807, 2.05) is 43.0 Å². The number of benzene rings is 1. The quantitative estimate of drug-likeness (QED) is 0.668. The molecule has 1 aliphatic carbocycles. The van der Waals surface area contributed by atoms with Crippen molar-refractivity contribution >= 4 is 12.0 Å². The van der Waals surface area contributed by atoms with Crippen LogP contribution in [-0.4, -0.2) is 54.3 Å². The van der Waals surface area contributed by atoms with Gasteiger partial charge < -0.3 is 20.5 Å². The first kappa shape index (κ1) is 19.1. The average molecular weight is 349 g/mol. The first-order valence-electron chi connectivity index (χ1n) is 8.59. The molecule has 0 radical (unpaired) electrons. The molecular weight excluding hydrogens is 322 g/mol. The van der Waals surface area contributed by atoms with E-state index in [4.69, 9.17) is 9.84 Å². The van der Waals surface area contributed by atoms with E-state index in [9.17, 15) is 9.59 Å². The maximum absolute atomic E-state index is 12.1. The number of ether oxygens (including phenoxy) is 1. The molecule has 0 heterocycles. The normalized spacial score (nSPS) is 20.5. The van der Waals surface area contributed by atoms with Gasteiger partial charge in [0.15, 0.2) is 0 Å². The summed E-state index contributed by atoms with van der Waals surface area (Å²) in [7, 11) is 1.62. The molecular formula is C18H27N3O4. The summed E-state index contributed by atoms with van der Waals surface area (Å²) in [5.74, 6) is -0.0351. The molecule has 0 spiro atoms. The van der Waals surface area contributed by atoms with E-state index < -0.39 is 5.97 Å². The van der Waals surface area contributed by atoms with Crippen LogP contribution in [0, 0.1) is 0 Å². The number of rotatable bonds is 8. The van der Waals surface area contributed by atoms with E-state index in [1.165, 1.54) is 0 Å². The maximum Gasteiger partial charge on any atom is 0.317 e. The molecule has 1 atom stereocenters. The summed E-state index contributed by atoms with van der Waals surface area (Å²) in [6, 6.07) is 7.59. The lowest BCUT2D eigenvalue weighted by atomic mass is 9.85. The lowest BCUT2D eigenvalue weighted by Gasteiger charge is -2.42. The van der Waals surface area contributed by atoms with Crippen LogP contribution >= 0.6 is 0 Å². The van der Waals surface area contributed by atoms with Gasteiger partial charge in [0, 0.05) is 12.1 Å². The van der Waals surface area contributed by atoms with Crippen LogP contribution in [0.2, 0.25) is 0 Å². The number of amides is 2. The molecule has 0 aromatic heterocycles. The average Bonchev–Trinajstić information content (AvgIpc) is 2.55. The van der Waals surface area contributed by atoms with Crippen molar-refractivity contribution < 1.29 is 19.4 Å². The predicted octanol–water partition coefficient (Wildman–Crippen LogP) is 1.99. The van der Waals surface area contributed by atoms with Crippen LogP contribution in [0.1, 0.15) is 38.3 Å². The van der Waals surface area contributed by atoms with Gasteiger partial charge in [0.2, 0.25) is 0 Å². The second-order valence-corrected chi connectivity index (χ2v) is 6.39. The molecule has 1 saturated carbocycles. The number of nitrogens with one attached hydrogen (secondary N) is 2. The first-order valence-corrected chi connectivity index (χ1v) is 8.59. The number of urea groups is 1. The van der Waals surface area contributed by atoms with Gasteiger partial charge in [-0.05, 0) is 44.0 Å². The van der Waals surface area contributed by atoms with Crippen molar-refractivity contribution in [2.24, 2.45) is 0 Å². The Morgan fingerprint density at radius 1 is 1.32 bits per heavy atom. The SMILES string of the molecule is CCN(CC(=O)O)C1CC(NC(=O)NC(C)c2ccc(OC)cc2)C1. The van der Waals surface area contributed by atoms with Gasteiger partial charge in [0.25, 0.3) is 0 Å². The predicted molar refractivity (Wildman–Crippen MR) is 94.8 cm³/mol. The van der Waals surface area contributed by atoms with Gasteiger partial charge in [-0.2, -0.15) is 0 Å². The van der Waals surface area contributed by atoms with E-state index in [0.717, 1.165) is 24.2 Å². The van der Waals surface area contributed by atoms with Crippen molar-refractivity contribution in [1.82, 2.24) is 15.5 Å². The molecule has 138 valence electrons. The second-order valence-electron chi connectivity index (χ2n) is 6.39. The highest BCUT2D eigenvalue weighted by Gasteiger charge is 2.34. The summed E-state index contributed by atoms with van der Waals surface area (Å²) in [5.41, 5.74) is 1.00. The third kappa shape index (κ3) is 5.35. The molecule has 1 aromatic carbocycles. The van der Waals surface area contributed by atoms with Gasteiger partial charge in [-0.25, -0.2) is 4.79 Å². The van der Waals surface area contributed by atoms with Gasteiger partial charge in [0.05, 0.1) is 19.7 Å². The molecule has 1 unspecified atom stereocenters. The number of aliphatic carboxylic acids is 1. The Bertz CT molecular complexity index is 584. The van der Waals surface area contributed by atoms with E-state index >= 15 is 0 Å². The van der Waals surface area contributed by atoms with Crippen molar-refractivity contribution in [3.05, 3.63) is 29.8 Å². The summed E-state index contributed by atoms with van der Waals surface area (Å²) in [4.78, 5) is 24.9. The van der Waals surface area contributed by atoms with Crippen LogP contribution in [0.15, 0.2) is 24.3 Å². The minimum atomic E-state index is -0.815. The number of carboxylic acid groups (broad SMARTS) is 1. The number of hydrogen-bond acceptors (Lipinski definition) is 4. The minimum Gasteiger partial charge on any atom is -0.497 e. The van der Waals surface area contributed by atoms with Gasteiger partial charge in [0.1, 0.15) is 5.75 Å². The van der Waals surface area contributed by atoms with E-state index in [1.54, 1.807) is 7.11 Å². The molecule has 0 saturated heterocycles. The molecule has 1 aromatic rings. The van der Waals surface area contributed by atoms with Crippen molar-refractivity contribution in [2.45, 2.75) is 44.8 Å². The highest BCUT2D eigenvalue weighted by Crippen LogP contribution is 2.25. The Balaban J connectivity index is 1.75. The number of hydrogen-bond donors (Lipinski definition) is 3. The van der Waals surface area contributed by atoms with Crippen molar-refractivity contribution in [2.75, 3.05) is 20.2 Å². The minimum absolute atomic E-state index is 0.0502. The monoisotopic (exact) mass is 349 g/mol. The van der Waals surface area contributed by atoms with Crippen molar-refractivity contribution in [3.8, 4) is 5.75 Å². The molecule has 0 aliphatic heterocycles. The van der Waals surface area contributed by atoms with Crippen LogP contribution in [-0.2, 0) is 4.79 Å². The lowest BCUT2D eigenvalue weighted by Crippen LogP contribution is -2.56. The largest absolute Gasteiger partial charge is 0.497 e. The topological polar surface area (TPSA) is 90.9 Å². The molecule has 3 N–H and O–H groups in total. The molecule has 1 fully saturated rings. The number of carbonyl (C=O) groups is 2.